The molecule has 1 aromatic rings. The van der Waals surface area contributed by atoms with Crippen molar-refractivity contribution in [2.24, 2.45) is 0 Å². The number of rotatable bonds is 4. The minimum atomic E-state index is -1.65. The van der Waals surface area contributed by atoms with Crippen molar-refractivity contribution in [1.29, 1.82) is 0 Å². The Morgan fingerprint density at radius 3 is 0.618 bits per heavy atom. The van der Waals surface area contributed by atoms with E-state index < -0.39 is 67.5 Å². The zero-order chi connectivity index (χ0) is 26.3. The lowest BCUT2D eigenvalue weighted by atomic mass is 10.3. The van der Waals surface area contributed by atoms with Gasteiger partial charge in [-0.2, -0.15) is 0 Å². The highest BCUT2D eigenvalue weighted by atomic mass is 28.4. The summed E-state index contributed by atoms with van der Waals surface area (Å²) in [5.41, 5.74) is 0. The highest BCUT2D eigenvalue weighted by Gasteiger charge is 2.52. The van der Waals surface area contributed by atoms with E-state index in [0.29, 0.717) is 0 Å². The van der Waals surface area contributed by atoms with Crippen LogP contribution in [0.5, 0.6) is 0 Å². The molecule has 0 nitrogen and oxygen atoms in total. The van der Waals surface area contributed by atoms with Gasteiger partial charge in [-0.15, -0.1) is 0 Å². The van der Waals surface area contributed by atoms with Crippen molar-refractivity contribution in [2.45, 2.75) is 105 Å². The summed E-state index contributed by atoms with van der Waals surface area (Å²) >= 11 is 0. The van der Waals surface area contributed by atoms with Gasteiger partial charge >= 0.3 is 0 Å². The quantitative estimate of drug-likeness (QED) is 0.420. The Morgan fingerprint density at radius 2 is 0.500 bits per heavy atom. The minimum absolute atomic E-state index is 0.441. The topological polar surface area (TPSA) is 0 Å². The van der Waals surface area contributed by atoms with E-state index in [1.54, 1.807) is 0 Å². The van der Waals surface area contributed by atoms with Gasteiger partial charge in [-0.25, -0.2) is 0 Å². The molecule has 0 aliphatic carbocycles. The normalized spacial score (nSPS) is 22.7. The molecular weight excluding hydrogens is 537 g/mol. The van der Waals surface area contributed by atoms with Gasteiger partial charge in [0.25, 0.3) is 0 Å². The van der Waals surface area contributed by atoms with Crippen LogP contribution < -0.4 is 20.7 Å². The minimum Gasteiger partial charge on any atom is -0.0961 e. The van der Waals surface area contributed by atoms with Gasteiger partial charge in [-0.3, -0.25) is 0 Å². The Balaban J connectivity index is 2.51. The van der Waals surface area contributed by atoms with Crippen molar-refractivity contribution in [3.05, 3.63) is 31.4 Å². The molecule has 0 unspecified atom stereocenters. The molecule has 0 N–H and O–H groups in total. The summed E-state index contributed by atoms with van der Waals surface area (Å²) in [6.07, 6.45) is 0. The van der Waals surface area contributed by atoms with Gasteiger partial charge in [0.1, 0.15) is 32.3 Å². The summed E-state index contributed by atoms with van der Waals surface area (Å²) in [5, 5.41) is 7.51. The highest BCUT2D eigenvalue weighted by Crippen LogP contribution is 2.36. The molecule has 0 aromatic heterocycles. The first kappa shape index (κ1) is 29.0. The molecule has 186 valence electrons. The fourth-order valence-electron chi connectivity index (χ4n) is 7.96. The van der Waals surface area contributed by atoms with Crippen molar-refractivity contribution in [1.82, 2.24) is 0 Å². The standard InChI is InChI=1S/C26H50Si8/c1-27(2)23-24(28(3)4)32(11,12)20-18-22-21(17-19(20)31(23,9)10)33(13,14)25(29(5)6)26(30(7)8)34(22,15)16/h17-18H,1-16H3. The first-order valence-corrected chi connectivity index (χ1v) is 35.2. The maximum absolute atomic E-state index is 2.91. The molecule has 8 heteroatoms. The van der Waals surface area contributed by atoms with Crippen LogP contribution in [-0.4, -0.2) is 67.5 Å². The zero-order valence-electron chi connectivity index (χ0n) is 25.2. The maximum Gasteiger partial charge on any atom is 0.102 e. The Bertz CT molecular complexity index is 904. The van der Waals surface area contributed by atoms with Gasteiger partial charge in [-0.1, -0.05) is 157 Å². The second kappa shape index (κ2) is 9.02. The Hall–Kier alpha value is 0.435. The molecule has 0 bridgehead atoms. The van der Waals surface area contributed by atoms with Crippen LogP contribution >= 0.6 is 0 Å². The van der Waals surface area contributed by atoms with E-state index in [9.17, 15) is 0 Å². The molecular formula is C26H50Si8. The Morgan fingerprint density at radius 1 is 0.353 bits per heavy atom. The molecule has 0 saturated carbocycles. The number of benzene rings is 1. The molecule has 2 aliphatic rings. The van der Waals surface area contributed by atoms with Gasteiger partial charge in [0.15, 0.2) is 0 Å². The summed E-state index contributed by atoms with van der Waals surface area (Å²) in [6, 6.07) is 5.82. The Kier molecular flexibility index (Phi) is 7.70. The Labute approximate surface area is 223 Å². The summed E-state index contributed by atoms with van der Waals surface area (Å²) in [7, 11) is -8.38. The van der Waals surface area contributed by atoms with Crippen LogP contribution in [0.1, 0.15) is 0 Å². The number of fused-ring (bicyclic) bond motifs is 2. The fourth-order valence-corrected chi connectivity index (χ4v) is 57.7. The van der Waals surface area contributed by atoms with Gasteiger partial charge < -0.3 is 0 Å². The van der Waals surface area contributed by atoms with Crippen LogP contribution in [0.15, 0.2) is 31.4 Å². The average Bonchev–Trinajstić information content (AvgIpc) is 2.65. The van der Waals surface area contributed by atoms with Crippen LogP contribution in [0.25, 0.3) is 0 Å². The molecule has 3 rings (SSSR count). The SMILES string of the molecule is C[Si](C)C1=C([Si](C)C)[Si](C)(C)c2cc3c(cc2[Si]1(C)C)[Si](C)(C)C([Si](C)C)=C([Si](C)C)[Si]3(C)C. The van der Waals surface area contributed by atoms with Crippen LogP contribution in [0.2, 0.25) is 105 Å². The van der Waals surface area contributed by atoms with Crippen LogP contribution in [-0.2, 0) is 0 Å². The lowest BCUT2D eigenvalue weighted by Gasteiger charge is -2.51. The van der Waals surface area contributed by atoms with Crippen LogP contribution in [0.3, 0.4) is 0 Å². The highest BCUT2D eigenvalue weighted by molar-refractivity contribution is 7.22. The fraction of sp³-hybridized carbons (Fsp3) is 0.615. The monoisotopic (exact) mass is 586 g/mol. The second-order valence-corrected chi connectivity index (χ2v) is 43.1. The van der Waals surface area contributed by atoms with E-state index in [2.05, 4.69) is 117 Å². The van der Waals surface area contributed by atoms with E-state index in [1.165, 1.54) is 0 Å². The molecule has 1 aromatic carbocycles. The van der Waals surface area contributed by atoms with E-state index in [4.69, 9.17) is 0 Å². The maximum atomic E-state index is 2.91. The van der Waals surface area contributed by atoms with E-state index in [1.807, 2.05) is 40.0 Å². The van der Waals surface area contributed by atoms with Gasteiger partial charge in [0.2, 0.25) is 0 Å². The third-order valence-electron chi connectivity index (χ3n) is 8.85. The lowest BCUT2D eigenvalue weighted by molar-refractivity contribution is 1.58. The molecule has 0 fully saturated rings. The predicted molar refractivity (Wildman–Crippen MR) is 179 cm³/mol. The third-order valence-corrected chi connectivity index (χ3v) is 42.9. The molecule has 2 aliphatic heterocycles. The van der Waals surface area contributed by atoms with E-state index >= 15 is 0 Å². The summed E-state index contributed by atoms with van der Waals surface area (Å²) in [5.74, 6) is 0. The third kappa shape index (κ3) is 4.10. The first-order chi connectivity index (χ1) is 15.2. The molecule has 0 amide bonds. The largest absolute Gasteiger partial charge is 0.102 e. The van der Waals surface area contributed by atoms with Gasteiger partial charge in [0.05, 0.1) is 35.2 Å². The number of hydrogen-bond acceptors (Lipinski definition) is 0. The predicted octanol–water partition coefficient (Wildman–Crippen LogP) is 5.30. The summed E-state index contributed by atoms with van der Waals surface area (Å²) in [4.78, 5) is 8.19. The molecule has 0 saturated heterocycles. The van der Waals surface area contributed by atoms with Crippen molar-refractivity contribution >= 4 is 88.2 Å². The molecule has 4 radical (unpaired) electrons. The first-order valence-electron chi connectivity index (χ1n) is 13.2. The molecule has 0 spiro atoms. The van der Waals surface area contributed by atoms with Gasteiger partial charge in [0, 0.05) is 0 Å². The van der Waals surface area contributed by atoms with Gasteiger partial charge in [-0.05, 0) is 0 Å². The second-order valence-electron chi connectivity index (χ2n) is 13.9. The molecule has 34 heavy (non-hydrogen) atoms. The average molecular weight is 587 g/mol. The van der Waals surface area contributed by atoms with Crippen LogP contribution in [0, 0.1) is 0 Å². The van der Waals surface area contributed by atoms with E-state index in [-0.39, 0.29) is 0 Å². The smallest absolute Gasteiger partial charge is 0.0961 e. The lowest BCUT2D eigenvalue weighted by Crippen LogP contribution is -2.75. The van der Waals surface area contributed by atoms with Crippen molar-refractivity contribution in [3.8, 4) is 0 Å². The van der Waals surface area contributed by atoms with Crippen molar-refractivity contribution < 1.29 is 0 Å². The molecule has 2 heterocycles. The molecule has 0 atom stereocenters. The van der Waals surface area contributed by atoms with E-state index in [0.717, 1.165) is 0 Å². The van der Waals surface area contributed by atoms with Crippen molar-refractivity contribution in [2.75, 3.05) is 0 Å². The number of hydrogen-bond donors (Lipinski definition) is 0. The summed E-state index contributed by atoms with van der Waals surface area (Å²) < 4.78 is 0. The zero-order valence-corrected chi connectivity index (χ0v) is 33.2. The van der Waals surface area contributed by atoms with Crippen LogP contribution in [0.4, 0.5) is 0 Å². The summed E-state index contributed by atoms with van der Waals surface area (Å²) in [6.45, 7) is 42.7. The van der Waals surface area contributed by atoms with Crippen molar-refractivity contribution in [3.63, 3.8) is 0 Å².